The molecule has 0 saturated carbocycles. The Kier molecular flexibility index (Phi) is 4.18. The van der Waals surface area contributed by atoms with E-state index in [2.05, 4.69) is 20.2 Å². The summed E-state index contributed by atoms with van der Waals surface area (Å²) in [7, 11) is 0. The molecule has 0 amide bonds. The van der Waals surface area contributed by atoms with Gasteiger partial charge in [-0.15, -0.1) is 0 Å². The van der Waals surface area contributed by atoms with Crippen molar-refractivity contribution in [1.29, 1.82) is 0 Å². The minimum Gasteiger partial charge on any atom is -0.477 e. The second-order valence-electron chi connectivity index (χ2n) is 5.38. The van der Waals surface area contributed by atoms with Crippen molar-refractivity contribution >= 4 is 17.6 Å². The van der Waals surface area contributed by atoms with Crippen molar-refractivity contribution in [2.24, 2.45) is 5.92 Å². The molecule has 6 heteroatoms. The number of nitrogens with one attached hydrogen (secondary N) is 1. The van der Waals surface area contributed by atoms with Gasteiger partial charge in [-0.2, -0.15) is 0 Å². The second-order valence-corrected chi connectivity index (χ2v) is 5.38. The van der Waals surface area contributed by atoms with E-state index >= 15 is 0 Å². The molecular formula is C16H18N4O2. The number of carbonyl (C=O) groups is 1. The van der Waals surface area contributed by atoms with Crippen LogP contribution in [0, 0.1) is 5.92 Å². The molecule has 0 aromatic carbocycles. The van der Waals surface area contributed by atoms with Gasteiger partial charge in [0.05, 0.1) is 0 Å². The lowest BCUT2D eigenvalue weighted by Crippen LogP contribution is -2.24. The minimum absolute atomic E-state index is 0.0903. The van der Waals surface area contributed by atoms with E-state index in [4.69, 9.17) is 5.11 Å². The first-order valence-electron chi connectivity index (χ1n) is 7.32. The van der Waals surface area contributed by atoms with E-state index in [0.717, 1.165) is 37.7 Å². The predicted molar refractivity (Wildman–Crippen MR) is 84.2 cm³/mol. The molecule has 1 aliphatic heterocycles. The Morgan fingerprint density at radius 2 is 2.23 bits per heavy atom. The number of pyridine rings is 2. The lowest BCUT2D eigenvalue weighted by atomic mass is 10.1. The average Bonchev–Trinajstić information content (AvgIpc) is 3.03. The molecule has 0 aliphatic carbocycles. The second kappa shape index (κ2) is 6.43. The highest BCUT2D eigenvalue weighted by Crippen LogP contribution is 2.22. The van der Waals surface area contributed by atoms with Gasteiger partial charge in [0.2, 0.25) is 0 Å². The standard InChI is InChI=1S/C16H18N4O2/c21-16(22)13-4-3-6-15(19-13)20-9-7-12(11-20)10-18-14-5-1-2-8-17-14/h1-6,8,12H,7,9-11H2,(H,17,18)(H,21,22). The number of hydrogen-bond donors (Lipinski definition) is 2. The van der Waals surface area contributed by atoms with Crippen LogP contribution in [0.4, 0.5) is 11.6 Å². The maximum atomic E-state index is 11.0. The lowest BCUT2D eigenvalue weighted by Gasteiger charge is -2.18. The summed E-state index contributed by atoms with van der Waals surface area (Å²) in [6.07, 6.45) is 2.82. The van der Waals surface area contributed by atoms with Crippen molar-refractivity contribution in [3.63, 3.8) is 0 Å². The Balaban J connectivity index is 1.58. The molecule has 2 aromatic heterocycles. The van der Waals surface area contributed by atoms with Gasteiger partial charge in [-0.1, -0.05) is 12.1 Å². The van der Waals surface area contributed by atoms with Gasteiger partial charge in [0.15, 0.2) is 5.69 Å². The van der Waals surface area contributed by atoms with Crippen molar-refractivity contribution in [1.82, 2.24) is 9.97 Å². The number of hydrogen-bond acceptors (Lipinski definition) is 5. The van der Waals surface area contributed by atoms with Gasteiger partial charge in [0.25, 0.3) is 0 Å². The summed E-state index contributed by atoms with van der Waals surface area (Å²) in [5.41, 5.74) is 0.0903. The van der Waals surface area contributed by atoms with Gasteiger partial charge in [-0.05, 0) is 36.6 Å². The number of rotatable bonds is 5. The fraction of sp³-hybridized carbons (Fsp3) is 0.312. The smallest absolute Gasteiger partial charge is 0.354 e. The van der Waals surface area contributed by atoms with E-state index in [0.29, 0.717) is 5.92 Å². The lowest BCUT2D eigenvalue weighted by molar-refractivity contribution is 0.0690. The van der Waals surface area contributed by atoms with Crippen LogP contribution in [0.5, 0.6) is 0 Å². The molecule has 2 N–H and O–H groups in total. The molecule has 0 radical (unpaired) electrons. The average molecular weight is 298 g/mol. The number of nitrogens with zero attached hydrogens (tertiary/aromatic N) is 3. The molecule has 3 heterocycles. The van der Waals surface area contributed by atoms with Crippen LogP contribution in [0.15, 0.2) is 42.6 Å². The SMILES string of the molecule is O=C(O)c1cccc(N2CCC(CNc3ccccn3)C2)n1. The summed E-state index contributed by atoms with van der Waals surface area (Å²) >= 11 is 0. The van der Waals surface area contributed by atoms with Gasteiger partial charge < -0.3 is 15.3 Å². The summed E-state index contributed by atoms with van der Waals surface area (Å²) in [6, 6.07) is 10.9. The van der Waals surface area contributed by atoms with Crippen molar-refractivity contribution in [2.75, 3.05) is 29.9 Å². The molecule has 0 bridgehead atoms. The van der Waals surface area contributed by atoms with Crippen LogP contribution in [0.1, 0.15) is 16.9 Å². The topological polar surface area (TPSA) is 78.4 Å². The summed E-state index contributed by atoms with van der Waals surface area (Å²) < 4.78 is 0. The molecule has 3 rings (SSSR count). The van der Waals surface area contributed by atoms with Crippen LogP contribution >= 0.6 is 0 Å². The quantitative estimate of drug-likeness (QED) is 0.880. The Hall–Kier alpha value is -2.63. The highest BCUT2D eigenvalue weighted by Gasteiger charge is 2.23. The monoisotopic (exact) mass is 298 g/mol. The number of carboxylic acid groups (broad SMARTS) is 1. The normalized spacial score (nSPS) is 17.5. The number of aromatic carboxylic acids is 1. The van der Waals surface area contributed by atoms with Gasteiger partial charge in [-0.25, -0.2) is 14.8 Å². The van der Waals surface area contributed by atoms with E-state index in [1.807, 2.05) is 24.3 Å². The van der Waals surface area contributed by atoms with Gasteiger partial charge in [0.1, 0.15) is 11.6 Å². The van der Waals surface area contributed by atoms with Crippen LogP contribution in [0.3, 0.4) is 0 Å². The Morgan fingerprint density at radius 3 is 3.00 bits per heavy atom. The Morgan fingerprint density at radius 1 is 1.32 bits per heavy atom. The first kappa shape index (κ1) is 14.3. The molecule has 1 saturated heterocycles. The number of anilines is 2. The predicted octanol–water partition coefficient (Wildman–Crippen LogP) is 2.11. The van der Waals surface area contributed by atoms with E-state index in [9.17, 15) is 4.79 Å². The van der Waals surface area contributed by atoms with Crippen molar-refractivity contribution in [3.8, 4) is 0 Å². The van der Waals surface area contributed by atoms with Crippen LogP contribution in [-0.4, -0.2) is 40.7 Å². The molecule has 1 atom stereocenters. The molecule has 114 valence electrons. The Bertz CT molecular complexity index is 648. The van der Waals surface area contributed by atoms with Crippen LogP contribution < -0.4 is 10.2 Å². The first-order valence-corrected chi connectivity index (χ1v) is 7.32. The third-order valence-electron chi connectivity index (χ3n) is 3.80. The third kappa shape index (κ3) is 3.33. The highest BCUT2D eigenvalue weighted by molar-refractivity contribution is 5.85. The van der Waals surface area contributed by atoms with Crippen LogP contribution in [0.2, 0.25) is 0 Å². The van der Waals surface area contributed by atoms with Gasteiger partial charge in [0, 0.05) is 25.8 Å². The molecule has 6 nitrogen and oxygen atoms in total. The number of aromatic nitrogens is 2. The van der Waals surface area contributed by atoms with E-state index < -0.39 is 5.97 Å². The largest absolute Gasteiger partial charge is 0.477 e. The first-order chi connectivity index (χ1) is 10.7. The molecule has 2 aromatic rings. The molecule has 1 unspecified atom stereocenters. The summed E-state index contributed by atoms with van der Waals surface area (Å²) in [4.78, 5) is 21.6. The molecule has 1 aliphatic rings. The molecule has 0 spiro atoms. The van der Waals surface area contributed by atoms with Gasteiger partial charge >= 0.3 is 5.97 Å². The number of carboxylic acids is 1. The van der Waals surface area contributed by atoms with E-state index in [1.165, 1.54) is 6.07 Å². The maximum Gasteiger partial charge on any atom is 0.354 e. The van der Waals surface area contributed by atoms with E-state index in [-0.39, 0.29) is 5.69 Å². The molecule has 22 heavy (non-hydrogen) atoms. The van der Waals surface area contributed by atoms with Crippen molar-refractivity contribution in [2.45, 2.75) is 6.42 Å². The maximum absolute atomic E-state index is 11.0. The zero-order chi connectivity index (χ0) is 15.4. The molecule has 1 fully saturated rings. The minimum atomic E-state index is -0.991. The summed E-state index contributed by atoms with van der Waals surface area (Å²) in [5, 5.41) is 12.4. The summed E-state index contributed by atoms with van der Waals surface area (Å²) in [6.45, 7) is 2.62. The zero-order valence-corrected chi connectivity index (χ0v) is 12.1. The third-order valence-corrected chi connectivity index (χ3v) is 3.80. The van der Waals surface area contributed by atoms with E-state index in [1.54, 1.807) is 12.3 Å². The van der Waals surface area contributed by atoms with Gasteiger partial charge in [-0.3, -0.25) is 0 Å². The fourth-order valence-corrected chi connectivity index (χ4v) is 2.64. The van der Waals surface area contributed by atoms with Crippen LogP contribution in [0.25, 0.3) is 0 Å². The fourth-order valence-electron chi connectivity index (χ4n) is 2.64. The highest BCUT2D eigenvalue weighted by atomic mass is 16.4. The summed E-state index contributed by atoms with van der Waals surface area (Å²) in [5.74, 6) is 1.12. The zero-order valence-electron chi connectivity index (χ0n) is 12.1. The molecular weight excluding hydrogens is 280 g/mol. The van der Waals surface area contributed by atoms with Crippen LogP contribution in [-0.2, 0) is 0 Å². The Labute approximate surface area is 128 Å². The van der Waals surface area contributed by atoms with Crippen molar-refractivity contribution in [3.05, 3.63) is 48.3 Å². The van der Waals surface area contributed by atoms with Crippen molar-refractivity contribution < 1.29 is 9.90 Å².